The van der Waals surface area contributed by atoms with Gasteiger partial charge in [0.1, 0.15) is 0 Å². The zero-order chi connectivity index (χ0) is 13.9. The van der Waals surface area contributed by atoms with Crippen LogP contribution in [0.3, 0.4) is 0 Å². The van der Waals surface area contributed by atoms with E-state index in [1.54, 1.807) is 18.0 Å². The maximum absolute atomic E-state index is 5.66. The molecule has 0 radical (unpaired) electrons. The van der Waals surface area contributed by atoms with Gasteiger partial charge in [0.05, 0.1) is 10.9 Å². The van der Waals surface area contributed by atoms with Crippen molar-refractivity contribution < 1.29 is 0 Å². The fourth-order valence-electron chi connectivity index (χ4n) is 1.76. The van der Waals surface area contributed by atoms with E-state index >= 15 is 0 Å². The zero-order valence-electron chi connectivity index (χ0n) is 10.4. The Morgan fingerprint density at radius 3 is 2.95 bits per heavy atom. The van der Waals surface area contributed by atoms with Gasteiger partial charge >= 0.3 is 0 Å². The number of hydrogen-bond acceptors (Lipinski definition) is 6. The second-order valence-corrected chi connectivity index (χ2v) is 7.06. The highest BCUT2D eigenvalue weighted by molar-refractivity contribution is 9.10. The van der Waals surface area contributed by atoms with Gasteiger partial charge in [-0.1, -0.05) is 57.2 Å². The minimum absolute atomic E-state index is 0.532. The number of rotatable bonds is 4. The summed E-state index contributed by atoms with van der Waals surface area (Å²) in [5.74, 6) is 0.924. The fourth-order valence-corrected chi connectivity index (χ4v) is 3.67. The van der Waals surface area contributed by atoms with Crippen LogP contribution in [-0.2, 0) is 6.42 Å². The van der Waals surface area contributed by atoms with E-state index in [9.17, 15) is 0 Å². The third kappa shape index (κ3) is 3.11. The quantitative estimate of drug-likeness (QED) is 0.562. The molecule has 2 heterocycles. The van der Waals surface area contributed by atoms with Crippen LogP contribution in [0, 0.1) is 0 Å². The molecule has 7 heteroatoms. The van der Waals surface area contributed by atoms with Crippen LogP contribution in [0.25, 0.3) is 10.3 Å². The summed E-state index contributed by atoms with van der Waals surface area (Å²) in [6.45, 7) is 0. The maximum Gasteiger partial charge on any atom is 0.189 e. The van der Waals surface area contributed by atoms with Crippen molar-refractivity contribution >= 4 is 54.5 Å². The Morgan fingerprint density at radius 1 is 1.25 bits per heavy atom. The number of aromatic nitrogens is 3. The molecule has 0 aliphatic heterocycles. The molecule has 20 heavy (non-hydrogen) atoms. The highest BCUT2D eigenvalue weighted by Crippen LogP contribution is 2.24. The number of halogens is 1. The van der Waals surface area contributed by atoms with E-state index in [-0.39, 0.29) is 0 Å². The summed E-state index contributed by atoms with van der Waals surface area (Å²) in [4.78, 5) is 12.9. The molecule has 0 atom stereocenters. The summed E-state index contributed by atoms with van der Waals surface area (Å²) in [7, 11) is 0. The lowest BCUT2D eigenvalue weighted by molar-refractivity contribution is 0.990. The Morgan fingerprint density at radius 2 is 2.10 bits per heavy atom. The molecule has 102 valence electrons. The normalized spacial score (nSPS) is 11.1. The number of nitrogens with two attached hydrogens (primary N) is 1. The van der Waals surface area contributed by atoms with Crippen LogP contribution in [0.1, 0.15) is 5.56 Å². The van der Waals surface area contributed by atoms with Crippen molar-refractivity contribution in [3.8, 4) is 0 Å². The van der Waals surface area contributed by atoms with Crippen LogP contribution in [-0.4, -0.2) is 20.7 Å². The largest absolute Gasteiger partial charge is 0.375 e. The number of anilines is 1. The SMILES string of the molecule is Nc1nc2nc(SCCc3ccccc3Br)ncc2s1. The van der Waals surface area contributed by atoms with Gasteiger partial charge in [-0.05, 0) is 18.1 Å². The van der Waals surface area contributed by atoms with E-state index in [1.165, 1.54) is 16.9 Å². The number of nitrogen functional groups attached to an aromatic ring is 1. The average molecular weight is 367 g/mol. The first-order valence-corrected chi connectivity index (χ1v) is 8.57. The van der Waals surface area contributed by atoms with E-state index in [2.05, 4.69) is 43.0 Å². The minimum atomic E-state index is 0.532. The summed E-state index contributed by atoms with van der Waals surface area (Å²) >= 11 is 6.59. The molecule has 0 saturated carbocycles. The first kappa shape index (κ1) is 13.8. The lowest BCUT2D eigenvalue weighted by Gasteiger charge is -2.03. The van der Waals surface area contributed by atoms with Gasteiger partial charge in [-0.25, -0.2) is 15.0 Å². The summed E-state index contributed by atoms with van der Waals surface area (Å²) in [6.07, 6.45) is 2.75. The van der Waals surface area contributed by atoms with E-state index in [1.807, 2.05) is 12.1 Å². The smallest absolute Gasteiger partial charge is 0.189 e. The Bertz CT molecular complexity index is 744. The van der Waals surface area contributed by atoms with E-state index in [0.29, 0.717) is 10.8 Å². The lowest BCUT2D eigenvalue weighted by atomic mass is 10.2. The molecular weight excluding hydrogens is 356 g/mol. The van der Waals surface area contributed by atoms with Crippen molar-refractivity contribution in [2.75, 3.05) is 11.5 Å². The van der Waals surface area contributed by atoms with Gasteiger partial charge in [0, 0.05) is 10.2 Å². The summed E-state index contributed by atoms with van der Waals surface area (Å²) in [6, 6.07) is 8.24. The Balaban J connectivity index is 1.66. The molecule has 0 unspecified atom stereocenters. The van der Waals surface area contributed by atoms with Crippen LogP contribution in [0.15, 0.2) is 40.1 Å². The highest BCUT2D eigenvalue weighted by atomic mass is 79.9. The Labute approximate surface area is 133 Å². The molecular formula is C13H11BrN4S2. The lowest BCUT2D eigenvalue weighted by Crippen LogP contribution is -1.93. The molecule has 1 aromatic carbocycles. The zero-order valence-corrected chi connectivity index (χ0v) is 13.6. The molecule has 0 aliphatic rings. The molecule has 2 N–H and O–H groups in total. The fraction of sp³-hybridized carbons (Fsp3) is 0.154. The first-order chi connectivity index (χ1) is 9.72. The number of hydrogen-bond donors (Lipinski definition) is 1. The summed E-state index contributed by atoms with van der Waals surface area (Å²) < 4.78 is 2.07. The predicted molar refractivity (Wildman–Crippen MR) is 88.2 cm³/mol. The third-order valence-corrected chi connectivity index (χ3v) is 5.15. The van der Waals surface area contributed by atoms with E-state index in [4.69, 9.17) is 5.73 Å². The Hall–Kier alpha value is -1.18. The number of thiazole rings is 1. The van der Waals surface area contributed by atoms with Gasteiger partial charge in [0.25, 0.3) is 0 Å². The molecule has 2 aromatic heterocycles. The van der Waals surface area contributed by atoms with Crippen LogP contribution in [0.2, 0.25) is 0 Å². The van der Waals surface area contributed by atoms with Crippen molar-refractivity contribution in [1.82, 2.24) is 15.0 Å². The monoisotopic (exact) mass is 366 g/mol. The van der Waals surface area contributed by atoms with Crippen molar-refractivity contribution in [3.05, 3.63) is 40.5 Å². The second kappa shape index (κ2) is 6.07. The number of thioether (sulfide) groups is 1. The van der Waals surface area contributed by atoms with Crippen LogP contribution in [0.5, 0.6) is 0 Å². The van der Waals surface area contributed by atoms with Gasteiger partial charge in [-0.15, -0.1) is 0 Å². The van der Waals surface area contributed by atoms with Crippen LogP contribution < -0.4 is 5.73 Å². The van der Waals surface area contributed by atoms with E-state index in [0.717, 1.165) is 26.5 Å². The van der Waals surface area contributed by atoms with Crippen molar-refractivity contribution in [2.45, 2.75) is 11.6 Å². The number of benzene rings is 1. The minimum Gasteiger partial charge on any atom is -0.375 e. The molecule has 0 amide bonds. The van der Waals surface area contributed by atoms with Gasteiger partial charge in [0.2, 0.25) is 0 Å². The summed E-state index contributed by atoms with van der Waals surface area (Å²) in [5.41, 5.74) is 7.64. The topological polar surface area (TPSA) is 64.7 Å². The van der Waals surface area contributed by atoms with Crippen molar-refractivity contribution in [3.63, 3.8) is 0 Å². The van der Waals surface area contributed by atoms with Crippen LogP contribution in [0.4, 0.5) is 5.13 Å². The van der Waals surface area contributed by atoms with Gasteiger partial charge in [0.15, 0.2) is 15.9 Å². The Kier molecular flexibility index (Phi) is 4.18. The van der Waals surface area contributed by atoms with Gasteiger partial charge < -0.3 is 5.73 Å². The van der Waals surface area contributed by atoms with Crippen molar-refractivity contribution in [2.24, 2.45) is 0 Å². The average Bonchev–Trinajstić information content (AvgIpc) is 2.80. The molecule has 0 spiro atoms. The second-order valence-electron chi connectivity index (χ2n) is 4.08. The summed E-state index contributed by atoms with van der Waals surface area (Å²) in [5, 5.41) is 1.28. The van der Waals surface area contributed by atoms with Crippen molar-refractivity contribution in [1.29, 1.82) is 0 Å². The number of fused-ring (bicyclic) bond motifs is 1. The molecule has 0 bridgehead atoms. The molecule has 3 rings (SSSR count). The van der Waals surface area contributed by atoms with Crippen LogP contribution >= 0.6 is 39.0 Å². The third-order valence-electron chi connectivity index (χ3n) is 2.71. The first-order valence-electron chi connectivity index (χ1n) is 5.97. The predicted octanol–water partition coefficient (Wildman–Crippen LogP) is 3.77. The molecule has 0 aliphatic carbocycles. The van der Waals surface area contributed by atoms with Gasteiger partial charge in [-0.3, -0.25) is 0 Å². The highest BCUT2D eigenvalue weighted by Gasteiger charge is 2.06. The number of aryl methyl sites for hydroxylation is 1. The molecule has 3 aromatic rings. The molecule has 0 fully saturated rings. The number of nitrogens with zero attached hydrogens (tertiary/aromatic N) is 3. The van der Waals surface area contributed by atoms with Gasteiger partial charge in [-0.2, -0.15) is 0 Å². The standard InChI is InChI=1S/C13H11BrN4S2/c14-9-4-2-1-3-8(9)5-6-19-13-16-7-10-11(18-13)17-12(15)20-10/h1-4,7H,5-6H2,(H2,15,16,17,18). The maximum atomic E-state index is 5.66. The van der Waals surface area contributed by atoms with E-state index < -0.39 is 0 Å². The molecule has 4 nitrogen and oxygen atoms in total. The molecule has 0 saturated heterocycles.